The highest BCUT2D eigenvalue weighted by Gasteiger charge is 2.38. The summed E-state index contributed by atoms with van der Waals surface area (Å²) in [5.74, 6) is 1.04. The first kappa shape index (κ1) is 18.5. The van der Waals surface area contributed by atoms with Crippen LogP contribution < -0.4 is 0 Å². The fourth-order valence-electron chi connectivity index (χ4n) is 3.21. The van der Waals surface area contributed by atoms with Crippen LogP contribution in [0, 0.1) is 13.8 Å². The van der Waals surface area contributed by atoms with Gasteiger partial charge >= 0.3 is 0 Å². The number of ether oxygens (including phenoxy) is 1. The fourth-order valence-corrected chi connectivity index (χ4v) is 3.21. The van der Waals surface area contributed by atoms with E-state index in [4.69, 9.17) is 9.26 Å². The molecule has 0 unspecified atom stereocenters. The van der Waals surface area contributed by atoms with E-state index in [2.05, 4.69) is 10.1 Å². The number of carbonyl (C=O) groups excluding carboxylic acids is 1. The zero-order chi connectivity index (χ0) is 18.6. The van der Waals surface area contributed by atoms with E-state index in [1.807, 2.05) is 31.2 Å². The molecule has 1 aromatic carbocycles. The molecule has 140 valence electrons. The number of aliphatic hydroxyl groups excluding tert-OH is 1. The largest absolute Gasteiger partial charge is 0.393 e. The second kappa shape index (κ2) is 7.97. The van der Waals surface area contributed by atoms with E-state index in [9.17, 15) is 9.90 Å². The monoisotopic (exact) mass is 359 g/mol. The number of carbonyl (C=O) groups is 1. The third kappa shape index (κ3) is 4.47. The Bertz CT molecular complexity index is 743. The van der Waals surface area contributed by atoms with Crippen molar-refractivity contribution in [1.82, 2.24) is 15.0 Å². The Balaban J connectivity index is 1.62. The van der Waals surface area contributed by atoms with Crippen LogP contribution in [0.1, 0.15) is 29.3 Å². The number of benzene rings is 1. The molecule has 26 heavy (non-hydrogen) atoms. The number of nitrogens with zero attached hydrogens (tertiary/aromatic N) is 3. The molecule has 1 aromatic heterocycles. The number of aryl methyl sites for hydroxylation is 3. The molecule has 7 nitrogen and oxygen atoms in total. The van der Waals surface area contributed by atoms with Gasteiger partial charge in [0.05, 0.1) is 19.8 Å². The third-order valence-corrected chi connectivity index (χ3v) is 4.66. The molecular weight excluding hydrogens is 334 g/mol. The summed E-state index contributed by atoms with van der Waals surface area (Å²) in [5, 5.41) is 13.7. The first-order valence-electron chi connectivity index (χ1n) is 8.87. The SMILES string of the molecule is Cc1ccc(C[C@@]2(CO)CN(C(=O)CCc3nc(C)no3)CCO2)cc1. The minimum absolute atomic E-state index is 0.00545. The van der Waals surface area contributed by atoms with Gasteiger partial charge in [-0.15, -0.1) is 0 Å². The van der Waals surface area contributed by atoms with Crippen LogP contribution in [-0.2, 0) is 22.4 Å². The molecule has 0 bridgehead atoms. The van der Waals surface area contributed by atoms with Crippen LogP contribution in [0.4, 0.5) is 0 Å². The lowest BCUT2D eigenvalue weighted by atomic mass is 9.92. The molecule has 1 saturated heterocycles. The van der Waals surface area contributed by atoms with Crippen molar-refractivity contribution in [2.24, 2.45) is 0 Å². The van der Waals surface area contributed by atoms with E-state index in [0.29, 0.717) is 50.7 Å². The van der Waals surface area contributed by atoms with Crippen LogP contribution in [0.15, 0.2) is 28.8 Å². The van der Waals surface area contributed by atoms with Gasteiger partial charge in [-0.3, -0.25) is 4.79 Å². The molecule has 2 aromatic rings. The number of aliphatic hydroxyl groups is 1. The Kier molecular flexibility index (Phi) is 5.68. The van der Waals surface area contributed by atoms with E-state index < -0.39 is 5.60 Å². The summed E-state index contributed by atoms with van der Waals surface area (Å²) in [7, 11) is 0. The van der Waals surface area contributed by atoms with Crippen molar-refractivity contribution in [2.75, 3.05) is 26.3 Å². The Labute approximate surface area is 153 Å². The molecule has 1 amide bonds. The molecule has 3 rings (SSSR count). The van der Waals surface area contributed by atoms with Gasteiger partial charge in [-0.1, -0.05) is 35.0 Å². The number of hydrogen-bond donors (Lipinski definition) is 1. The molecule has 0 radical (unpaired) electrons. The average Bonchev–Trinajstić information content (AvgIpc) is 3.07. The highest BCUT2D eigenvalue weighted by molar-refractivity contribution is 5.76. The van der Waals surface area contributed by atoms with Crippen molar-refractivity contribution in [3.8, 4) is 0 Å². The van der Waals surface area contributed by atoms with Gasteiger partial charge in [0.2, 0.25) is 11.8 Å². The summed E-state index contributed by atoms with van der Waals surface area (Å²) in [6.07, 6.45) is 1.28. The zero-order valence-corrected chi connectivity index (χ0v) is 15.3. The number of amides is 1. The summed E-state index contributed by atoms with van der Waals surface area (Å²) < 4.78 is 11.0. The van der Waals surface area contributed by atoms with Gasteiger partial charge in [0.15, 0.2) is 5.82 Å². The van der Waals surface area contributed by atoms with Crippen molar-refractivity contribution >= 4 is 5.91 Å². The molecule has 0 saturated carbocycles. The van der Waals surface area contributed by atoms with E-state index in [1.165, 1.54) is 5.56 Å². The summed E-state index contributed by atoms with van der Waals surface area (Å²) >= 11 is 0. The number of rotatable bonds is 6. The van der Waals surface area contributed by atoms with E-state index >= 15 is 0 Å². The maximum Gasteiger partial charge on any atom is 0.227 e. The predicted molar refractivity (Wildman–Crippen MR) is 94.6 cm³/mol. The van der Waals surface area contributed by atoms with Crippen LogP contribution in [0.2, 0.25) is 0 Å². The van der Waals surface area contributed by atoms with Crippen molar-refractivity contribution in [3.63, 3.8) is 0 Å². The fraction of sp³-hybridized carbons (Fsp3) is 0.526. The second-order valence-electron chi connectivity index (χ2n) is 6.90. The van der Waals surface area contributed by atoms with Crippen molar-refractivity contribution in [1.29, 1.82) is 0 Å². The summed E-state index contributed by atoms with van der Waals surface area (Å²) in [6, 6.07) is 8.15. The van der Waals surface area contributed by atoms with Crippen LogP contribution in [0.3, 0.4) is 0 Å². The topological polar surface area (TPSA) is 88.7 Å². The maximum atomic E-state index is 12.6. The minimum Gasteiger partial charge on any atom is -0.393 e. The number of hydrogen-bond acceptors (Lipinski definition) is 6. The second-order valence-corrected chi connectivity index (χ2v) is 6.90. The highest BCUT2D eigenvalue weighted by Crippen LogP contribution is 2.24. The van der Waals surface area contributed by atoms with Gasteiger partial charge in [-0.25, -0.2) is 0 Å². The number of aromatic nitrogens is 2. The average molecular weight is 359 g/mol. The Morgan fingerprint density at radius 1 is 1.31 bits per heavy atom. The molecule has 1 aliphatic heterocycles. The summed E-state index contributed by atoms with van der Waals surface area (Å²) in [5.41, 5.74) is 1.51. The summed E-state index contributed by atoms with van der Waals surface area (Å²) in [6.45, 7) is 4.97. The lowest BCUT2D eigenvalue weighted by molar-refractivity contribution is -0.158. The normalized spacial score (nSPS) is 20.3. The molecular formula is C19H25N3O4. The third-order valence-electron chi connectivity index (χ3n) is 4.66. The van der Waals surface area contributed by atoms with Crippen LogP contribution in [0.5, 0.6) is 0 Å². The molecule has 1 aliphatic rings. The van der Waals surface area contributed by atoms with Crippen LogP contribution in [-0.4, -0.2) is 58.0 Å². The van der Waals surface area contributed by atoms with Gasteiger partial charge < -0.3 is 19.3 Å². The van der Waals surface area contributed by atoms with Gasteiger partial charge in [-0.2, -0.15) is 4.98 Å². The standard InChI is InChI=1S/C19H25N3O4/c1-14-3-5-16(6-4-14)11-19(13-23)12-22(9-10-25-19)18(24)8-7-17-20-15(2)21-26-17/h3-6,23H,7-13H2,1-2H3/t19-/m0/s1. The number of morpholine rings is 1. The Morgan fingerprint density at radius 2 is 2.08 bits per heavy atom. The summed E-state index contributed by atoms with van der Waals surface area (Å²) in [4.78, 5) is 18.5. The van der Waals surface area contributed by atoms with Gasteiger partial charge in [-0.05, 0) is 19.4 Å². The zero-order valence-electron chi connectivity index (χ0n) is 15.3. The molecule has 7 heteroatoms. The first-order valence-corrected chi connectivity index (χ1v) is 8.87. The highest BCUT2D eigenvalue weighted by atomic mass is 16.5. The first-order chi connectivity index (χ1) is 12.5. The van der Waals surface area contributed by atoms with Gasteiger partial charge in [0, 0.05) is 25.8 Å². The van der Waals surface area contributed by atoms with Gasteiger partial charge in [0.25, 0.3) is 0 Å². The molecule has 2 heterocycles. The van der Waals surface area contributed by atoms with Crippen LogP contribution in [0.25, 0.3) is 0 Å². The van der Waals surface area contributed by atoms with Crippen LogP contribution >= 0.6 is 0 Å². The smallest absolute Gasteiger partial charge is 0.227 e. The predicted octanol–water partition coefficient (Wildman–Crippen LogP) is 1.45. The van der Waals surface area contributed by atoms with Crippen molar-refractivity contribution < 1.29 is 19.2 Å². The van der Waals surface area contributed by atoms with Gasteiger partial charge in [0.1, 0.15) is 5.60 Å². The van der Waals surface area contributed by atoms with E-state index in [0.717, 1.165) is 5.56 Å². The Morgan fingerprint density at radius 3 is 2.73 bits per heavy atom. The van der Waals surface area contributed by atoms with E-state index in [-0.39, 0.29) is 12.5 Å². The van der Waals surface area contributed by atoms with Crippen molar-refractivity contribution in [3.05, 3.63) is 47.1 Å². The molecule has 0 spiro atoms. The quantitative estimate of drug-likeness (QED) is 0.840. The van der Waals surface area contributed by atoms with E-state index in [1.54, 1.807) is 11.8 Å². The lowest BCUT2D eigenvalue weighted by Gasteiger charge is -2.42. The minimum atomic E-state index is -0.760. The maximum absolute atomic E-state index is 12.6. The molecule has 1 fully saturated rings. The van der Waals surface area contributed by atoms with Crippen molar-refractivity contribution in [2.45, 2.75) is 38.7 Å². The Hall–Kier alpha value is -2.25. The molecule has 0 aliphatic carbocycles. The molecule has 1 N–H and O–H groups in total. The molecule has 1 atom stereocenters. The lowest BCUT2D eigenvalue weighted by Crippen LogP contribution is -2.56.